The number of anilines is 1. The molecule has 0 saturated carbocycles. The third kappa shape index (κ3) is 5.53. The molecule has 2 aliphatic heterocycles. The molecule has 6 rings (SSSR count). The number of halogens is 6. The predicted octanol–water partition coefficient (Wildman–Crippen LogP) is 6.91. The number of hydrogen-bond donors (Lipinski definition) is 0. The zero-order chi connectivity index (χ0) is 33.1. The van der Waals surface area contributed by atoms with Gasteiger partial charge in [0, 0.05) is 83.3 Å². The number of nitrogens with zero attached hydrogens (tertiary/aromatic N) is 5. The first-order valence-electron chi connectivity index (χ1n) is 14.4. The van der Waals surface area contributed by atoms with Gasteiger partial charge in [-0.1, -0.05) is 18.2 Å². The van der Waals surface area contributed by atoms with E-state index in [4.69, 9.17) is 11.6 Å². The van der Waals surface area contributed by atoms with Gasteiger partial charge in [0.25, 0.3) is 0 Å². The Hall–Kier alpha value is -3.97. The Morgan fingerprint density at radius 3 is 2.37 bits per heavy atom. The fourth-order valence-electron chi connectivity index (χ4n) is 6.48. The molecule has 2 aliphatic rings. The lowest BCUT2D eigenvalue weighted by molar-refractivity contribution is -0.137. The maximum absolute atomic E-state index is 15.4. The van der Waals surface area contributed by atoms with Gasteiger partial charge in [-0.05, 0) is 49.8 Å². The van der Waals surface area contributed by atoms with Crippen molar-refractivity contribution < 1.29 is 26.7 Å². The Kier molecular flexibility index (Phi) is 8.34. The molecule has 0 N–H and O–H groups in total. The average molecular weight is 676 g/mol. The van der Waals surface area contributed by atoms with Crippen molar-refractivity contribution in [3.05, 3.63) is 93.6 Å². The van der Waals surface area contributed by atoms with Gasteiger partial charge in [0.1, 0.15) is 17.5 Å². The van der Waals surface area contributed by atoms with Gasteiger partial charge >= 0.3 is 11.9 Å². The summed E-state index contributed by atoms with van der Waals surface area (Å²) in [5, 5.41) is -0.502. The maximum atomic E-state index is 15.4. The average Bonchev–Trinajstić information content (AvgIpc) is 3.21. The Morgan fingerprint density at radius 2 is 1.74 bits per heavy atom. The number of rotatable bonds is 4. The van der Waals surface area contributed by atoms with E-state index in [1.54, 1.807) is 48.2 Å². The summed E-state index contributed by atoms with van der Waals surface area (Å²) in [7, 11) is 0. The molecule has 14 heteroatoms. The van der Waals surface area contributed by atoms with Gasteiger partial charge in [0.2, 0.25) is 5.91 Å². The minimum atomic E-state index is -4.99. The molecule has 3 unspecified atom stereocenters. The number of carbonyl (C=O) groups excluding carboxylic acids is 1. The molecule has 4 heterocycles. The van der Waals surface area contributed by atoms with Crippen molar-refractivity contribution >= 4 is 46.0 Å². The first-order chi connectivity index (χ1) is 21.8. The highest BCUT2D eigenvalue weighted by molar-refractivity contribution is 7.99. The lowest BCUT2D eigenvalue weighted by atomic mass is 9.95. The third-order valence-electron chi connectivity index (χ3n) is 8.44. The summed E-state index contributed by atoms with van der Waals surface area (Å²) in [6.07, 6.45) is -0.619. The number of thioether (sulfide) groups is 1. The molecule has 1 amide bonds. The van der Waals surface area contributed by atoms with E-state index in [1.165, 1.54) is 10.6 Å². The number of hydrogen-bond acceptors (Lipinski definition) is 6. The van der Waals surface area contributed by atoms with E-state index in [1.807, 2.05) is 0 Å². The van der Waals surface area contributed by atoms with Crippen molar-refractivity contribution in [2.75, 3.05) is 23.7 Å². The van der Waals surface area contributed by atoms with Crippen LogP contribution in [0.15, 0.2) is 65.1 Å². The lowest BCUT2D eigenvalue weighted by Gasteiger charge is -2.44. The second kappa shape index (κ2) is 12.0. The van der Waals surface area contributed by atoms with Crippen LogP contribution in [0.5, 0.6) is 0 Å². The maximum Gasteiger partial charge on any atom is 0.417 e. The zero-order valence-corrected chi connectivity index (χ0v) is 26.2. The predicted molar refractivity (Wildman–Crippen MR) is 167 cm³/mol. The van der Waals surface area contributed by atoms with E-state index in [-0.39, 0.29) is 70.9 Å². The van der Waals surface area contributed by atoms with Crippen LogP contribution in [0.4, 0.5) is 27.8 Å². The Balaban J connectivity index is 1.66. The Morgan fingerprint density at radius 1 is 1.07 bits per heavy atom. The van der Waals surface area contributed by atoms with Gasteiger partial charge in [-0.25, -0.2) is 13.6 Å². The molecule has 2 aromatic carbocycles. The zero-order valence-electron chi connectivity index (χ0n) is 24.6. The van der Waals surface area contributed by atoms with E-state index in [2.05, 4.69) is 16.5 Å². The summed E-state index contributed by atoms with van der Waals surface area (Å²) < 4.78 is 76.0. The number of amides is 1. The largest absolute Gasteiger partial charge is 0.417 e. The number of alkyl halides is 3. The van der Waals surface area contributed by atoms with Crippen LogP contribution in [0.3, 0.4) is 0 Å². The summed E-state index contributed by atoms with van der Waals surface area (Å²) in [5.41, 5.74) is -1.99. The van der Waals surface area contributed by atoms with Crippen LogP contribution >= 0.6 is 23.4 Å². The second-order valence-electron chi connectivity index (χ2n) is 11.4. The smallest absolute Gasteiger partial charge is 0.352 e. The number of piperazine rings is 1. The van der Waals surface area contributed by atoms with Gasteiger partial charge < -0.3 is 9.80 Å². The Labute approximate surface area is 269 Å². The SMILES string of the molecule is C=CC(=O)N1C(C)CN(c2nc(=O)n3c4c(c(-c5cc(Cl)c(F)cc5F)c(C(F)(F)F)cc24)SCC(c2ccncc2)C3)CC1C. The normalized spacial score (nSPS) is 20.1. The molecule has 46 heavy (non-hydrogen) atoms. The fourth-order valence-corrected chi connectivity index (χ4v) is 8.03. The molecular formula is C32H27ClF5N5O2S. The summed E-state index contributed by atoms with van der Waals surface area (Å²) in [5.74, 6) is -2.72. The number of carbonyl (C=O) groups is 1. The quantitative estimate of drug-likeness (QED) is 0.133. The number of pyridine rings is 1. The summed E-state index contributed by atoms with van der Waals surface area (Å²) in [6, 6.07) is 4.94. The molecule has 1 saturated heterocycles. The first-order valence-corrected chi connectivity index (χ1v) is 15.7. The number of aromatic nitrogens is 3. The van der Waals surface area contributed by atoms with Crippen LogP contribution in [0, 0.1) is 11.6 Å². The van der Waals surface area contributed by atoms with Crippen molar-refractivity contribution in [1.29, 1.82) is 0 Å². The summed E-state index contributed by atoms with van der Waals surface area (Å²) in [6.45, 7) is 7.60. The molecule has 0 bridgehead atoms. The molecule has 1 fully saturated rings. The van der Waals surface area contributed by atoms with E-state index in [0.717, 1.165) is 29.5 Å². The minimum absolute atomic E-state index is 0.00488. The van der Waals surface area contributed by atoms with Crippen LogP contribution in [0.2, 0.25) is 5.02 Å². The molecular weight excluding hydrogens is 649 g/mol. The highest BCUT2D eigenvalue weighted by Gasteiger charge is 2.40. The monoisotopic (exact) mass is 675 g/mol. The molecule has 2 aromatic heterocycles. The van der Waals surface area contributed by atoms with E-state index >= 15 is 17.6 Å². The van der Waals surface area contributed by atoms with Gasteiger partial charge in [-0.3, -0.25) is 14.3 Å². The molecule has 0 spiro atoms. The minimum Gasteiger partial charge on any atom is -0.352 e. The molecule has 3 atom stereocenters. The van der Waals surface area contributed by atoms with E-state index < -0.39 is 45.2 Å². The third-order valence-corrected chi connectivity index (χ3v) is 9.98. The Bertz CT molecular complexity index is 1930. The van der Waals surface area contributed by atoms with Gasteiger partial charge in [-0.15, -0.1) is 11.8 Å². The van der Waals surface area contributed by atoms with Crippen molar-refractivity contribution in [2.24, 2.45) is 0 Å². The summed E-state index contributed by atoms with van der Waals surface area (Å²) in [4.78, 5) is 38.1. The van der Waals surface area contributed by atoms with Gasteiger partial charge in [-0.2, -0.15) is 18.2 Å². The molecule has 0 aliphatic carbocycles. The van der Waals surface area contributed by atoms with Crippen LogP contribution in [0.25, 0.3) is 22.0 Å². The van der Waals surface area contributed by atoms with Crippen molar-refractivity contribution in [3.63, 3.8) is 0 Å². The van der Waals surface area contributed by atoms with E-state index in [9.17, 15) is 14.0 Å². The van der Waals surface area contributed by atoms with Gasteiger partial charge in [0.15, 0.2) is 0 Å². The highest BCUT2D eigenvalue weighted by Crippen LogP contribution is 2.50. The van der Waals surface area contributed by atoms with Crippen LogP contribution in [-0.2, 0) is 17.5 Å². The van der Waals surface area contributed by atoms with Gasteiger partial charge in [0.05, 0.1) is 16.1 Å². The molecule has 240 valence electrons. The molecule has 7 nitrogen and oxygen atoms in total. The summed E-state index contributed by atoms with van der Waals surface area (Å²) >= 11 is 7.03. The first kappa shape index (κ1) is 32.0. The molecule has 0 radical (unpaired) electrons. The topological polar surface area (TPSA) is 71.3 Å². The molecule has 4 aromatic rings. The van der Waals surface area contributed by atoms with Crippen LogP contribution in [0.1, 0.15) is 30.9 Å². The van der Waals surface area contributed by atoms with E-state index in [0.29, 0.717) is 6.07 Å². The van der Waals surface area contributed by atoms with Crippen molar-refractivity contribution in [3.8, 4) is 11.1 Å². The standard InChI is InChI=1S/C32H27ClF5N5O2S/c1-4-26(44)43-16(2)12-41(13-17(43)3)30-21-9-22(32(36,37)38)27(20-10-23(33)25(35)11-24(20)34)29-28(21)42(31(45)40-30)14-19(15-46-29)18-5-7-39-8-6-18/h4-11,16-17,19H,1,12-15H2,2-3H3. The lowest BCUT2D eigenvalue weighted by Crippen LogP contribution is -2.58. The van der Waals surface area contributed by atoms with Crippen molar-refractivity contribution in [1.82, 2.24) is 19.4 Å². The van der Waals surface area contributed by atoms with Crippen LogP contribution in [-0.4, -0.2) is 56.3 Å². The number of benzene rings is 2. The second-order valence-corrected chi connectivity index (χ2v) is 12.9. The highest BCUT2D eigenvalue weighted by atomic mass is 35.5. The van der Waals surface area contributed by atoms with Crippen LogP contribution < -0.4 is 10.6 Å². The fraction of sp³-hybridized carbons (Fsp3) is 0.312. The van der Waals surface area contributed by atoms with Crippen molar-refractivity contribution in [2.45, 2.75) is 49.5 Å².